The van der Waals surface area contributed by atoms with Gasteiger partial charge in [0.1, 0.15) is 6.10 Å². The number of hydrogen-bond acceptors (Lipinski definition) is 3. The maximum atomic E-state index is 12.8. The molecule has 11 atom stereocenters. The van der Waals surface area contributed by atoms with E-state index in [-0.39, 0.29) is 38.8 Å². The van der Waals surface area contributed by atoms with Gasteiger partial charge in [-0.2, -0.15) is 0 Å². The second-order valence-corrected chi connectivity index (χ2v) is 15.1. The molecule has 0 saturated heterocycles. The van der Waals surface area contributed by atoms with Gasteiger partial charge in [0.05, 0.1) is 5.41 Å². The standard InChI is InChI=1S/C30H48O4/c1-18-23(32)19(31)16-21-27(18,4)9-8-20-28(21,5)13-15-30(7)22-17-26(3,24(33)34)11-10-25(22,2)12-14-29(20,30)6/h18-22,31H,8-17H2,1-7H3,(H,33,34)/t18-,19+,20-,21+,22+,25+,26-,27+,28+,29+,30-/m0/s1. The van der Waals surface area contributed by atoms with Crippen LogP contribution in [0.4, 0.5) is 0 Å². The van der Waals surface area contributed by atoms with E-state index in [1.165, 1.54) is 12.8 Å². The number of hydrogen-bond donors (Lipinski definition) is 2. The molecule has 0 spiro atoms. The van der Waals surface area contributed by atoms with Crippen LogP contribution in [-0.4, -0.2) is 28.1 Å². The maximum absolute atomic E-state index is 12.8. The van der Waals surface area contributed by atoms with Crippen LogP contribution in [0, 0.1) is 56.2 Å². The fraction of sp³-hybridized carbons (Fsp3) is 0.933. The molecule has 0 aromatic rings. The normalized spacial score (nSPS) is 59.3. The Balaban J connectivity index is 1.55. The van der Waals surface area contributed by atoms with Crippen LogP contribution in [-0.2, 0) is 9.59 Å². The Kier molecular flexibility index (Phi) is 5.18. The topological polar surface area (TPSA) is 74.6 Å². The Morgan fingerprint density at radius 3 is 2.03 bits per heavy atom. The van der Waals surface area contributed by atoms with Crippen molar-refractivity contribution in [1.29, 1.82) is 0 Å². The fourth-order valence-corrected chi connectivity index (χ4v) is 11.2. The Labute approximate surface area is 206 Å². The Bertz CT molecular complexity index is 913. The van der Waals surface area contributed by atoms with Crippen molar-refractivity contribution in [3.05, 3.63) is 0 Å². The monoisotopic (exact) mass is 472 g/mol. The van der Waals surface area contributed by atoms with E-state index in [0.29, 0.717) is 24.2 Å². The summed E-state index contributed by atoms with van der Waals surface area (Å²) in [5.74, 6) is 0.720. The van der Waals surface area contributed by atoms with Gasteiger partial charge in [-0.05, 0) is 116 Å². The molecular weight excluding hydrogens is 424 g/mol. The highest BCUT2D eigenvalue weighted by molar-refractivity contribution is 5.86. The second kappa shape index (κ2) is 7.11. The van der Waals surface area contributed by atoms with E-state index in [2.05, 4.69) is 41.5 Å². The maximum Gasteiger partial charge on any atom is 0.309 e. The summed E-state index contributed by atoms with van der Waals surface area (Å²) < 4.78 is 0. The minimum Gasteiger partial charge on any atom is -0.481 e. The number of rotatable bonds is 1. The molecule has 5 saturated carbocycles. The van der Waals surface area contributed by atoms with Gasteiger partial charge in [-0.1, -0.05) is 41.5 Å². The molecule has 5 aliphatic carbocycles. The van der Waals surface area contributed by atoms with E-state index >= 15 is 0 Å². The van der Waals surface area contributed by atoms with Crippen molar-refractivity contribution in [3.8, 4) is 0 Å². The smallest absolute Gasteiger partial charge is 0.309 e. The van der Waals surface area contributed by atoms with Crippen LogP contribution in [0.2, 0.25) is 0 Å². The first-order valence-electron chi connectivity index (χ1n) is 14.0. The average molecular weight is 473 g/mol. The zero-order chi connectivity index (χ0) is 25.1. The molecule has 4 heteroatoms. The van der Waals surface area contributed by atoms with E-state index < -0.39 is 17.5 Å². The van der Waals surface area contributed by atoms with Crippen LogP contribution in [0.3, 0.4) is 0 Å². The van der Waals surface area contributed by atoms with E-state index in [1.807, 2.05) is 6.92 Å². The number of carboxylic acid groups (broad SMARTS) is 1. The molecule has 0 aromatic carbocycles. The molecule has 5 rings (SSSR count). The van der Waals surface area contributed by atoms with Crippen LogP contribution in [0.5, 0.6) is 0 Å². The second-order valence-electron chi connectivity index (χ2n) is 15.1. The molecule has 5 fully saturated rings. The number of carboxylic acids is 1. The van der Waals surface area contributed by atoms with Crippen LogP contribution in [0.25, 0.3) is 0 Å². The van der Waals surface area contributed by atoms with Crippen molar-refractivity contribution in [2.24, 2.45) is 56.2 Å². The number of Topliss-reactive ketones (excluding diaryl/α,β-unsaturated/α-hetero) is 1. The van der Waals surface area contributed by atoms with Crippen molar-refractivity contribution in [1.82, 2.24) is 0 Å². The summed E-state index contributed by atoms with van der Waals surface area (Å²) >= 11 is 0. The van der Waals surface area contributed by atoms with Crippen molar-refractivity contribution < 1.29 is 19.8 Å². The summed E-state index contributed by atoms with van der Waals surface area (Å²) in [6, 6.07) is 0. The van der Waals surface area contributed by atoms with Crippen molar-refractivity contribution in [3.63, 3.8) is 0 Å². The Morgan fingerprint density at radius 2 is 1.38 bits per heavy atom. The molecule has 5 aliphatic rings. The molecule has 4 nitrogen and oxygen atoms in total. The molecule has 0 bridgehead atoms. The lowest BCUT2D eigenvalue weighted by atomic mass is 9.30. The van der Waals surface area contributed by atoms with Gasteiger partial charge in [-0.3, -0.25) is 9.59 Å². The van der Waals surface area contributed by atoms with Gasteiger partial charge in [0.15, 0.2) is 5.78 Å². The molecule has 0 aliphatic heterocycles. The number of aliphatic carboxylic acids is 1. The van der Waals surface area contributed by atoms with E-state index in [0.717, 1.165) is 44.9 Å². The van der Waals surface area contributed by atoms with E-state index in [9.17, 15) is 19.8 Å². The van der Waals surface area contributed by atoms with Gasteiger partial charge >= 0.3 is 5.97 Å². The fourth-order valence-electron chi connectivity index (χ4n) is 11.2. The molecule has 2 N–H and O–H groups in total. The third-order valence-corrected chi connectivity index (χ3v) is 14.1. The number of aliphatic hydroxyl groups is 1. The Hall–Kier alpha value is -0.900. The van der Waals surface area contributed by atoms with Crippen LogP contribution in [0.15, 0.2) is 0 Å². The number of fused-ring (bicyclic) bond motifs is 7. The molecule has 0 amide bonds. The number of carbonyl (C=O) groups is 2. The van der Waals surface area contributed by atoms with Crippen LogP contribution >= 0.6 is 0 Å². The summed E-state index contributed by atoms with van der Waals surface area (Å²) in [7, 11) is 0. The SMILES string of the molecule is C[C@H]1C(=O)[C@H](O)C[C@@H]2[C@]1(C)CC[C@H]1[C@@]2(C)CC[C@@]2(C)[C@@H]3C[C@@](C)(C(=O)O)CC[C@]3(C)CC[C@]12C. The van der Waals surface area contributed by atoms with Crippen molar-refractivity contribution in [2.75, 3.05) is 0 Å². The first-order chi connectivity index (χ1) is 15.6. The highest BCUT2D eigenvalue weighted by Crippen LogP contribution is 2.78. The van der Waals surface area contributed by atoms with Gasteiger partial charge in [0.2, 0.25) is 0 Å². The van der Waals surface area contributed by atoms with Crippen LogP contribution in [0.1, 0.15) is 113 Å². The lowest BCUT2D eigenvalue weighted by Gasteiger charge is -2.74. The third kappa shape index (κ3) is 2.81. The molecular formula is C30H48O4. The van der Waals surface area contributed by atoms with Crippen molar-refractivity contribution >= 4 is 11.8 Å². The highest BCUT2D eigenvalue weighted by Gasteiger charge is 2.71. The van der Waals surface area contributed by atoms with Gasteiger partial charge in [-0.25, -0.2) is 0 Å². The molecule has 0 unspecified atom stereocenters. The average Bonchev–Trinajstić information content (AvgIpc) is 2.77. The third-order valence-electron chi connectivity index (χ3n) is 14.1. The summed E-state index contributed by atoms with van der Waals surface area (Å²) in [6.07, 6.45) is 9.36. The number of aliphatic hydroxyl groups excluding tert-OH is 1. The number of ketones is 1. The summed E-state index contributed by atoms with van der Waals surface area (Å²) in [5, 5.41) is 20.9. The predicted molar refractivity (Wildman–Crippen MR) is 133 cm³/mol. The molecule has 0 heterocycles. The first-order valence-corrected chi connectivity index (χ1v) is 14.0. The van der Waals surface area contributed by atoms with Crippen LogP contribution < -0.4 is 0 Å². The minimum absolute atomic E-state index is 0.0262. The molecule has 192 valence electrons. The Morgan fingerprint density at radius 1 is 0.794 bits per heavy atom. The zero-order valence-corrected chi connectivity index (χ0v) is 22.7. The predicted octanol–water partition coefficient (Wildman–Crippen LogP) is 6.49. The minimum atomic E-state index is -0.811. The van der Waals surface area contributed by atoms with E-state index in [4.69, 9.17) is 0 Å². The van der Waals surface area contributed by atoms with Gasteiger partial charge < -0.3 is 10.2 Å². The lowest BCUT2D eigenvalue weighted by molar-refractivity contribution is -0.260. The summed E-state index contributed by atoms with van der Waals surface area (Å²) in [6.45, 7) is 16.4. The largest absolute Gasteiger partial charge is 0.481 e. The number of carbonyl (C=O) groups excluding carboxylic acids is 1. The van der Waals surface area contributed by atoms with Gasteiger partial charge in [-0.15, -0.1) is 0 Å². The summed E-state index contributed by atoms with van der Waals surface area (Å²) in [5.41, 5.74) is 0.0155. The highest BCUT2D eigenvalue weighted by atomic mass is 16.4. The summed E-state index contributed by atoms with van der Waals surface area (Å²) in [4.78, 5) is 25.1. The quantitative estimate of drug-likeness (QED) is 0.457. The molecule has 0 aromatic heterocycles. The van der Waals surface area contributed by atoms with Gasteiger partial charge in [0.25, 0.3) is 0 Å². The molecule has 0 radical (unpaired) electrons. The zero-order valence-electron chi connectivity index (χ0n) is 22.7. The van der Waals surface area contributed by atoms with E-state index in [1.54, 1.807) is 0 Å². The lowest BCUT2D eigenvalue weighted by Crippen LogP contribution is -2.68. The van der Waals surface area contributed by atoms with Crippen molar-refractivity contribution in [2.45, 2.75) is 119 Å². The first kappa shape index (κ1) is 24.8. The molecule has 34 heavy (non-hydrogen) atoms. The van der Waals surface area contributed by atoms with Gasteiger partial charge in [0, 0.05) is 5.92 Å².